The Morgan fingerprint density at radius 2 is 1.86 bits per heavy atom. The molecule has 0 unspecified atom stereocenters. The van der Waals surface area contributed by atoms with Gasteiger partial charge in [0, 0.05) is 23.3 Å². The van der Waals surface area contributed by atoms with E-state index in [9.17, 15) is 4.79 Å². The Balaban J connectivity index is 1.92. The fourth-order valence-corrected chi connectivity index (χ4v) is 2.46. The van der Waals surface area contributed by atoms with Crippen molar-refractivity contribution in [3.8, 4) is 0 Å². The van der Waals surface area contributed by atoms with Gasteiger partial charge < -0.3 is 10.3 Å². The van der Waals surface area contributed by atoms with Gasteiger partial charge in [-0.1, -0.05) is 29.8 Å². The lowest BCUT2D eigenvalue weighted by Gasteiger charge is -2.09. The van der Waals surface area contributed by atoms with Gasteiger partial charge in [0.1, 0.15) is 0 Å². The minimum atomic E-state index is -0.0348. The van der Waals surface area contributed by atoms with Crippen LogP contribution in [0.15, 0.2) is 53.3 Å². The van der Waals surface area contributed by atoms with E-state index in [-0.39, 0.29) is 5.56 Å². The number of rotatable bonds is 3. The van der Waals surface area contributed by atoms with Crippen LogP contribution in [0.2, 0.25) is 0 Å². The molecular weight excluding hydrogens is 260 g/mol. The van der Waals surface area contributed by atoms with Crippen LogP contribution in [0, 0.1) is 13.8 Å². The Morgan fingerprint density at radius 3 is 2.67 bits per heavy atom. The number of aromatic nitrogens is 1. The summed E-state index contributed by atoms with van der Waals surface area (Å²) >= 11 is 0. The second-order valence-electron chi connectivity index (χ2n) is 5.38. The maximum Gasteiger partial charge on any atom is 0.253 e. The van der Waals surface area contributed by atoms with Gasteiger partial charge in [-0.3, -0.25) is 4.79 Å². The van der Waals surface area contributed by atoms with Crippen LogP contribution < -0.4 is 10.9 Å². The summed E-state index contributed by atoms with van der Waals surface area (Å²) in [6, 6.07) is 16.1. The van der Waals surface area contributed by atoms with E-state index in [4.69, 9.17) is 0 Å². The van der Waals surface area contributed by atoms with E-state index >= 15 is 0 Å². The number of benzene rings is 2. The number of hydrogen-bond acceptors (Lipinski definition) is 2. The molecule has 0 radical (unpaired) electrons. The molecule has 0 saturated carbocycles. The van der Waals surface area contributed by atoms with Crippen LogP contribution in [-0.4, -0.2) is 4.98 Å². The lowest BCUT2D eigenvalue weighted by molar-refractivity contribution is 1.08. The Bertz CT molecular complexity index is 849. The molecule has 1 aromatic heterocycles. The Labute approximate surface area is 123 Å². The number of hydrogen-bond donors (Lipinski definition) is 2. The highest BCUT2D eigenvalue weighted by Gasteiger charge is 2.04. The molecule has 0 bridgehead atoms. The van der Waals surface area contributed by atoms with Crippen molar-refractivity contribution in [1.29, 1.82) is 0 Å². The molecule has 3 rings (SSSR count). The number of fused-ring (bicyclic) bond motifs is 1. The SMILES string of the molecule is Cc1ccc2[nH]c(=O)c(CNc3ccccc3C)cc2c1. The highest BCUT2D eigenvalue weighted by Crippen LogP contribution is 2.16. The van der Waals surface area contributed by atoms with Crippen molar-refractivity contribution < 1.29 is 0 Å². The minimum absolute atomic E-state index is 0.0348. The average molecular weight is 278 g/mol. The first-order chi connectivity index (χ1) is 10.1. The lowest BCUT2D eigenvalue weighted by Crippen LogP contribution is -2.15. The van der Waals surface area contributed by atoms with E-state index in [2.05, 4.69) is 36.3 Å². The summed E-state index contributed by atoms with van der Waals surface area (Å²) in [4.78, 5) is 15.1. The van der Waals surface area contributed by atoms with Crippen molar-refractivity contribution in [1.82, 2.24) is 4.98 Å². The number of anilines is 1. The lowest BCUT2D eigenvalue weighted by atomic mass is 10.1. The van der Waals surface area contributed by atoms with Crippen LogP contribution in [-0.2, 0) is 6.54 Å². The van der Waals surface area contributed by atoms with E-state index in [1.165, 1.54) is 11.1 Å². The van der Waals surface area contributed by atoms with E-state index in [1.54, 1.807) is 0 Å². The quantitative estimate of drug-likeness (QED) is 0.766. The summed E-state index contributed by atoms with van der Waals surface area (Å²) in [6.07, 6.45) is 0. The van der Waals surface area contributed by atoms with Crippen LogP contribution in [0.5, 0.6) is 0 Å². The van der Waals surface area contributed by atoms with Crippen LogP contribution in [0.3, 0.4) is 0 Å². The molecule has 0 saturated heterocycles. The Kier molecular flexibility index (Phi) is 3.48. The van der Waals surface area contributed by atoms with Gasteiger partial charge in [0.2, 0.25) is 0 Å². The molecule has 0 spiro atoms. The average Bonchev–Trinajstić information content (AvgIpc) is 2.47. The normalized spacial score (nSPS) is 10.8. The summed E-state index contributed by atoms with van der Waals surface area (Å²) in [6.45, 7) is 4.62. The first-order valence-corrected chi connectivity index (χ1v) is 7.05. The monoisotopic (exact) mass is 278 g/mol. The van der Waals surface area contributed by atoms with Crippen LogP contribution in [0.25, 0.3) is 10.9 Å². The molecule has 21 heavy (non-hydrogen) atoms. The van der Waals surface area contributed by atoms with Crippen molar-refractivity contribution >= 4 is 16.6 Å². The topological polar surface area (TPSA) is 44.9 Å². The van der Waals surface area contributed by atoms with E-state index in [0.29, 0.717) is 6.54 Å². The molecule has 3 nitrogen and oxygen atoms in total. The zero-order valence-corrected chi connectivity index (χ0v) is 12.2. The molecule has 1 heterocycles. The summed E-state index contributed by atoms with van der Waals surface area (Å²) in [5.74, 6) is 0. The molecule has 0 aliphatic rings. The van der Waals surface area contributed by atoms with Crippen LogP contribution >= 0.6 is 0 Å². The van der Waals surface area contributed by atoms with Crippen molar-refractivity contribution in [2.45, 2.75) is 20.4 Å². The first kappa shape index (κ1) is 13.4. The van der Waals surface area contributed by atoms with Crippen molar-refractivity contribution in [2.24, 2.45) is 0 Å². The highest BCUT2D eigenvalue weighted by atomic mass is 16.1. The fraction of sp³-hybridized carbons (Fsp3) is 0.167. The third-order valence-corrected chi connectivity index (χ3v) is 3.69. The fourth-order valence-electron chi connectivity index (χ4n) is 2.46. The molecule has 0 atom stereocenters. The predicted octanol–water partition coefficient (Wildman–Crippen LogP) is 3.76. The molecule has 0 aliphatic heterocycles. The highest BCUT2D eigenvalue weighted by molar-refractivity contribution is 5.79. The van der Waals surface area contributed by atoms with Gasteiger partial charge in [-0.2, -0.15) is 0 Å². The Morgan fingerprint density at radius 1 is 1.05 bits per heavy atom. The van der Waals surface area contributed by atoms with Gasteiger partial charge in [-0.15, -0.1) is 0 Å². The molecule has 0 amide bonds. The van der Waals surface area contributed by atoms with Gasteiger partial charge in [-0.25, -0.2) is 0 Å². The molecule has 3 heteroatoms. The zero-order chi connectivity index (χ0) is 14.8. The second-order valence-corrected chi connectivity index (χ2v) is 5.38. The van der Waals surface area contributed by atoms with Crippen molar-refractivity contribution in [3.63, 3.8) is 0 Å². The standard InChI is InChI=1S/C18H18N2O/c1-12-7-8-17-14(9-12)10-15(18(21)20-17)11-19-16-6-4-3-5-13(16)2/h3-10,19H,11H2,1-2H3,(H,20,21). The Hall–Kier alpha value is -2.55. The van der Waals surface area contributed by atoms with Gasteiger partial charge in [0.15, 0.2) is 0 Å². The first-order valence-electron chi connectivity index (χ1n) is 7.05. The van der Waals surface area contributed by atoms with E-state index < -0.39 is 0 Å². The number of pyridine rings is 1. The molecule has 106 valence electrons. The largest absolute Gasteiger partial charge is 0.381 e. The summed E-state index contributed by atoms with van der Waals surface area (Å²) < 4.78 is 0. The number of aryl methyl sites for hydroxylation is 2. The molecule has 0 aliphatic carbocycles. The summed E-state index contributed by atoms with van der Waals surface area (Å²) in [5.41, 5.74) is 5.01. The van der Waals surface area contributed by atoms with Crippen molar-refractivity contribution in [2.75, 3.05) is 5.32 Å². The van der Waals surface area contributed by atoms with E-state index in [1.807, 2.05) is 36.4 Å². The predicted molar refractivity (Wildman–Crippen MR) is 87.8 cm³/mol. The van der Waals surface area contributed by atoms with Crippen LogP contribution in [0.1, 0.15) is 16.7 Å². The number of para-hydroxylation sites is 1. The smallest absolute Gasteiger partial charge is 0.253 e. The zero-order valence-electron chi connectivity index (χ0n) is 12.2. The third kappa shape index (κ3) is 2.82. The molecule has 3 aromatic rings. The van der Waals surface area contributed by atoms with Gasteiger partial charge >= 0.3 is 0 Å². The third-order valence-electron chi connectivity index (χ3n) is 3.69. The number of nitrogens with one attached hydrogen (secondary N) is 2. The van der Waals surface area contributed by atoms with Gasteiger partial charge in [-0.05, 0) is 49.1 Å². The van der Waals surface area contributed by atoms with Gasteiger partial charge in [0.05, 0.1) is 0 Å². The number of aromatic amines is 1. The van der Waals surface area contributed by atoms with Crippen molar-refractivity contribution in [3.05, 3.63) is 75.6 Å². The maximum absolute atomic E-state index is 12.1. The van der Waals surface area contributed by atoms with Gasteiger partial charge in [0.25, 0.3) is 5.56 Å². The van der Waals surface area contributed by atoms with Crippen LogP contribution in [0.4, 0.5) is 5.69 Å². The summed E-state index contributed by atoms with van der Waals surface area (Å²) in [5, 5.41) is 4.40. The van der Waals surface area contributed by atoms with E-state index in [0.717, 1.165) is 22.2 Å². The molecule has 2 N–H and O–H groups in total. The minimum Gasteiger partial charge on any atom is -0.381 e. The second kappa shape index (κ2) is 5.44. The summed E-state index contributed by atoms with van der Waals surface area (Å²) in [7, 11) is 0. The number of H-pyrrole nitrogens is 1. The maximum atomic E-state index is 12.1. The molecular formula is C18H18N2O. The molecule has 2 aromatic carbocycles. The molecule has 0 fully saturated rings.